The van der Waals surface area contributed by atoms with Gasteiger partial charge < -0.3 is 19.5 Å². The van der Waals surface area contributed by atoms with Gasteiger partial charge in [-0.05, 0) is 63.1 Å². The second-order valence-corrected chi connectivity index (χ2v) is 7.45. The molecule has 0 aliphatic heterocycles. The number of hydrogen-bond donors (Lipinski definition) is 1. The van der Waals surface area contributed by atoms with E-state index in [4.69, 9.17) is 14.2 Å². The summed E-state index contributed by atoms with van der Waals surface area (Å²) in [6.45, 7) is 6.03. The molecule has 0 aliphatic carbocycles. The van der Waals surface area contributed by atoms with E-state index in [0.717, 1.165) is 11.3 Å². The van der Waals surface area contributed by atoms with Crippen molar-refractivity contribution in [2.24, 2.45) is 0 Å². The van der Waals surface area contributed by atoms with Crippen molar-refractivity contribution in [2.75, 3.05) is 13.7 Å². The van der Waals surface area contributed by atoms with Crippen molar-refractivity contribution in [3.05, 3.63) is 59.2 Å². The summed E-state index contributed by atoms with van der Waals surface area (Å²) in [5.41, 5.74) is 1.70. The highest BCUT2D eigenvalue weighted by molar-refractivity contribution is 6.01. The Hall–Kier alpha value is -3.79. The molecule has 0 spiro atoms. The van der Waals surface area contributed by atoms with Crippen LogP contribution in [-0.2, 0) is 9.59 Å². The minimum atomic E-state index is -0.454. The normalized spacial score (nSPS) is 10.9. The van der Waals surface area contributed by atoms with Gasteiger partial charge in [0.15, 0.2) is 11.5 Å². The molecule has 32 heavy (non-hydrogen) atoms. The Morgan fingerprint density at radius 2 is 1.84 bits per heavy atom. The van der Waals surface area contributed by atoms with Crippen LogP contribution in [0, 0.1) is 18.3 Å². The van der Waals surface area contributed by atoms with Gasteiger partial charge in [0.05, 0.1) is 13.7 Å². The molecule has 0 unspecified atom stereocenters. The smallest absolute Gasteiger partial charge is 0.311 e. The second kappa shape index (κ2) is 12.2. The van der Waals surface area contributed by atoms with Crippen LogP contribution in [0.2, 0.25) is 0 Å². The van der Waals surface area contributed by atoms with Crippen LogP contribution in [0.3, 0.4) is 0 Å². The van der Waals surface area contributed by atoms with E-state index in [-0.39, 0.29) is 23.8 Å². The molecular formula is C25H28N2O5. The molecular weight excluding hydrogens is 408 g/mol. The minimum Gasteiger partial charge on any atom is -0.494 e. The summed E-state index contributed by atoms with van der Waals surface area (Å²) in [6.07, 6.45) is 2.14. The first kappa shape index (κ1) is 24.5. The average Bonchev–Trinajstić information content (AvgIpc) is 2.76. The molecule has 2 aromatic carbocycles. The molecule has 2 aromatic rings. The standard InChI is InChI=1S/C25H28N2O5/c1-17(2)27-25(29)20(16-26)14-19-9-12-22(23(15-19)30-4)32-24(28)6-5-13-31-21-10-7-18(3)8-11-21/h7-12,14-15,17H,5-6,13H2,1-4H3,(H,27,29)/b20-14+. The fourth-order valence-electron chi connectivity index (χ4n) is 2.73. The van der Waals surface area contributed by atoms with Crippen LogP contribution in [0.15, 0.2) is 48.0 Å². The summed E-state index contributed by atoms with van der Waals surface area (Å²) in [7, 11) is 1.45. The van der Waals surface area contributed by atoms with Gasteiger partial charge in [0.1, 0.15) is 17.4 Å². The predicted molar refractivity (Wildman–Crippen MR) is 121 cm³/mol. The Morgan fingerprint density at radius 3 is 2.47 bits per heavy atom. The van der Waals surface area contributed by atoms with Crippen molar-refractivity contribution in [1.82, 2.24) is 5.32 Å². The van der Waals surface area contributed by atoms with Crippen LogP contribution in [0.1, 0.15) is 37.8 Å². The number of nitrogens with zero attached hydrogens (tertiary/aromatic N) is 1. The van der Waals surface area contributed by atoms with Gasteiger partial charge in [-0.2, -0.15) is 5.26 Å². The highest BCUT2D eigenvalue weighted by Gasteiger charge is 2.13. The van der Waals surface area contributed by atoms with Gasteiger partial charge in [-0.3, -0.25) is 9.59 Å². The molecule has 0 fully saturated rings. The van der Waals surface area contributed by atoms with Crippen molar-refractivity contribution < 1.29 is 23.8 Å². The van der Waals surface area contributed by atoms with Crippen LogP contribution in [0.5, 0.6) is 17.2 Å². The Bertz CT molecular complexity index is 1000. The number of esters is 1. The minimum absolute atomic E-state index is 0.0286. The molecule has 0 bridgehead atoms. The SMILES string of the molecule is COc1cc(/C=C(\C#N)C(=O)NC(C)C)ccc1OC(=O)CCCOc1ccc(C)cc1. The number of amides is 1. The monoisotopic (exact) mass is 436 g/mol. The third-order valence-electron chi connectivity index (χ3n) is 4.32. The second-order valence-electron chi connectivity index (χ2n) is 7.45. The molecule has 2 rings (SSSR count). The maximum Gasteiger partial charge on any atom is 0.311 e. The zero-order chi connectivity index (χ0) is 23.5. The number of carbonyl (C=O) groups is 2. The molecule has 0 saturated heterocycles. The topological polar surface area (TPSA) is 97.6 Å². The van der Waals surface area contributed by atoms with Gasteiger partial charge in [0.2, 0.25) is 0 Å². The van der Waals surface area contributed by atoms with Gasteiger partial charge >= 0.3 is 5.97 Å². The number of hydrogen-bond acceptors (Lipinski definition) is 6. The number of methoxy groups -OCH3 is 1. The number of benzene rings is 2. The fourth-order valence-corrected chi connectivity index (χ4v) is 2.73. The van der Waals surface area contributed by atoms with E-state index in [9.17, 15) is 14.9 Å². The van der Waals surface area contributed by atoms with Crippen molar-refractivity contribution in [1.29, 1.82) is 5.26 Å². The number of aryl methyl sites for hydroxylation is 1. The number of rotatable bonds is 10. The predicted octanol–water partition coefficient (Wildman–Crippen LogP) is 4.20. The first-order valence-electron chi connectivity index (χ1n) is 10.3. The molecule has 1 N–H and O–H groups in total. The lowest BCUT2D eigenvalue weighted by Gasteiger charge is -2.11. The third kappa shape index (κ3) is 7.80. The zero-order valence-corrected chi connectivity index (χ0v) is 18.8. The Balaban J connectivity index is 1.94. The fraction of sp³-hybridized carbons (Fsp3) is 0.320. The van der Waals surface area contributed by atoms with E-state index in [1.54, 1.807) is 18.2 Å². The molecule has 7 heteroatoms. The largest absolute Gasteiger partial charge is 0.494 e. The van der Waals surface area contributed by atoms with Gasteiger partial charge in [-0.1, -0.05) is 23.8 Å². The molecule has 0 aromatic heterocycles. The molecule has 0 heterocycles. The lowest BCUT2D eigenvalue weighted by atomic mass is 10.1. The van der Waals surface area contributed by atoms with Crippen molar-refractivity contribution in [3.8, 4) is 23.3 Å². The van der Waals surface area contributed by atoms with Gasteiger partial charge in [0.25, 0.3) is 5.91 Å². The molecule has 0 radical (unpaired) electrons. The van der Waals surface area contributed by atoms with Crippen LogP contribution >= 0.6 is 0 Å². The number of nitrogens with one attached hydrogen (secondary N) is 1. The van der Waals surface area contributed by atoms with Crippen LogP contribution in [0.25, 0.3) is 6.08 Å². The van der Waals surface area contributed by atoms with Gasteiger partial charge in [-0.15, -0.1) is 0 Å². The van der Waals surface area contributed by atoms with Crippen LogP contribution in [0.4, 0.5) is 0 Å². The van der Waals surface area contributed by atoms with Gasteiger partial charge in [-0.25, -0.2) is 0 Å². The van der Waals surface area contributed by atoms with Gasteiger partial charge in [0, 0.05) is 12.5 Å². The molecule has 0 aliphatic rings. The van der Waals surface area contributed by atoms with E-state index in [1.165, 1.54) is 13.2 Å². The quantitative estimate of drug-likeness (QED) is 0.197. The molecule has 1 amide bonds. The van der Waals surface area contributed by atoms with Crippen molar-refractivity contribution in [2.45, 2.75) is 39.7 Å². The van der Waals surface area contributed by atoms with Crippen LogP contribution < -0.4 is 19.5 Å². The number of carbonyl (C=O) groups excluding carboxylic acids is 2. The summed E-state index contributed by atoms with van der Waals surface area (Å²) in [4.78, 5) is 24.3. The molecule has 0 saturated carbocycles. The molecule has 168 valence electrons. The van der Waals surface area contributed by atoms with E-state index in [1.807, 2.05) is 51.1 Å². The Kier molecular flexibility index (Phi) is 9.30. The van der Waals surface area contributed by atoms with E-state index in [2.05, 4.69) is 5.32 Å². The summed E-state index contributed by atoms with van der Waals surface area (Å²) in [5, 5.41) is 11.9. The first-order valence-corrected chi connectivity index (χ1v) is 10.3. The summed E-state index contributed by atoms with van der Waals surface area (Å²) in [6, 6.07) is 14.3. The van der Waals surface area contributed by atoms with E-state index >= 15 is 0 Å². The van der Waals surface area contributed by atoms with E-state index in [0.29, 0.717) is 24.3 Å². The molecule has 7 nitrogen and oxygen atoms in total. The lowest BCUT2D eigenvalue weighted by Crippen LogP contribution is -2.30. The summed E-state index contributed by atoms with van der Waals surface area (Å²) >= 11 is 0. The summed E-state index contributed by atoms with van der Waals surface area (Å²) < 4.78 is 16.3. The number of ether oxygens (including phenoxy) is 3. The zero-order valence-electron chi connectivity index (χ0n) is 18.8. The third-order valence-corrected chi connectivity index (χ3v) is 4.32. The maximum absolute atomic E-state index is 12.2. The summed E-state index contributed by atoms with van der Waals surface area (Å²) in [5.74, 6) is 0.481. The van der Waals surface area contributed by atoms with Crippen molar-refractivity contribution >= 4 is 18.0 Å². The Labute approximate surface area is 188 Å². The van der Waals surface area contributed by atoms with E-state index < -0.39 is 11.9 Å². The number of nitriles is 1. The highest BCUT2D eigenvalue weighted by Crippen LogP contribution is 2.29. The highest BCUT2D eigenvalue weighted by atomic mass is 16.6. The van der Waals surface area contributed by atoms with Crippen LogP contribution in [-0.4, -0.2) is 31.6 Å². The maximum atomic E-state index is 12.2. The Morgan fingerprint density at radius 1 is 1.12 bits per heavy atom. The average molecular weight is 437 g/mol. The van der Waals surface area contributed by atoms with Crippen molar-refractivity contribution in [3.63, 3.8) is 0 Å². The molecule has 0 atom stereocenters. The first-order chi connectivity index (χ1) is 15.3. The lowest BCUT2D eigenvalue weighted by molar-refractivity contribution is -0.134.